The molecule has 3 heterocycles. The number of hydrogen-bond donors (Lipinski definition) is 2. The summed E-state index contributed by atoms with van der Waals surface area (Å²) < 4.78 is 7.89. The zero-order valence-electron chi connectivity index (χ0n) is 11.7. The van der Waals surface area contributed by atoms with E-state index in [-0.39, 0.29) is 12.1 Å². The number of nitrogens with two attached hydrogens (primary N) is 1. The monoisotopic (exact) mass is 276 g/mol. The van der Waals surface area contributed by atoms with Crippen LogP contribution in [-0.4, -0.2) is 38.5 Å². The highest BCUT2D eigenvalue weighted by atomic mass is 16.5. The van der Waals surface area contributed by atoms with Crippen LogP contribution in [0.3, 0.4) is 0 Å². The van der Waals surface area contributed by atoms with Gasteiger partial charge in [0.15, 0.2) is 0 Å². The maximum absolute atomic E-state index is 9.65. The topological polar surface area (TPSA) is 86.2 Å². The lowest BCUT2D eigenvalue weighted by molar-refractivity contribution is -0.0888. The predicted molar refractivity (Wildman–Crippen MR) is 76.2 cm³/mol. The first-order valence-corrected chi connectivity index (χ1v) is 6.94. The van der Waals surface area contributed by atoms with Crippen LogP contribution in [0.5, 0.6) is 0 Å². The maximum atomic E-state index is 9.65. The lowest BCUT2D eigenvalue weighted by atomic mass is 9.91. The van der Waals surface area contributed by atoms with Crippen LogP contribution in [0.1, 0.15) is 26.3 Å². The molecule has 2 aromatic heterocycles. The van der Waals surface area contributed by atoms with Gasteiger partial charge in [0.05, 0.1) is 30.2 Å². The fourth-order valence-electron chi connectivity index (χ4n) is 2.93. The fraction of sp³-hybridized carbons (Fsp3) is 0.571. The summed E-state index contributed by atoms with van der Waals surface area (Å²) in [5.41, 5.74) is 6.71. The van der Waals surface area contributed by atoms with Crippen molar-refractivity contribution >= 4 is 16.9 Å². The van der Waals surface area contributed by atoms with E-state index < -0.39 is 6.10 Å². The first-order valence-electron chi connectivity index (χ1n) is 6.94. The van der Waals surface area contributed by atoms with Crippen molar-refractivity contribution < 1.29 is 9.84 Å². The van der Waals surface area contributed by atoms with E-state index in [0.29, 0.717) is 18.3 Å². The fourth-order valence-corrected chi connectivity index (χ4v) is 2.93. The average molecular weight is 276 g/mol. The molecule has 0 saturated carbocycles. The second-order valence-electron chi connectivity index (χ2n) is 5.61. The highest BCUT2D eigenvalue weighted by Crippen LogP contribution is 2.33. The summed E-state index contributed by atoms with van der Waals surface area (Å²) in [4.78, 5) is 8.34. The van der Waals surface area contributed by atoms with Gasteiger partial charge in [0.1, 0.15) is 17.8 Å². The largest absolute Gasteiger partial charge is 0.391 e. The van der Waals surface area contributed by atoms with Crippen LogP contribution in [0.2, 0.25) is 0 Å². The first kappa shape index (κ1) is 13.3. The standard InChI is InChI=1S/C14H20N4O2/c1-8-5-12(9(2)19)20-6-11(8)18-4-3-10-13(15)16-7-17-14(10)18/h3-4,7-9,11-12,19H,5-6H2,1-2H3,(H2,15,16,17)/t8-,9?,11?,12-/m0/s1. The molecule has 6 nitrogen and oxygen atoms in total. The van der Waals surface area contributed by atoms with Crippen LogP contribution in [0, 0.1) is 5.92 Å². The Morgan fingerprint density at radius 2 is 2.30 bits per heavy atom. The van der Waals surface area contributed by atoms with E-state index in [1.807, 2.05) is 12.3 Å². The Hall–Kier alpha value is -1.66. The summed E-state index contributed by atoms with van der Waals surface area (Å²) in [5, 5.41) is 10.5. The number of nitrogens with zero attached hydrogens (tertiary/aromatic N) is 3. The lowest BCUT2D eigenvalue weighted by Crippen LogP contribution is -2.39. The van der Waals surface area contributed by atoms with E-state index in [1.165, 1.54) is 6.33 Å². The molecule has 0 spiro atoms. The third-order valence-electron chi connectivity index (χ3n) is 4.18. The number of fused-ring (bicyclic) bond motifs is 1. The molecule has 108 valence electrons. The zero-order valence-corrected chi connectivity index (χ0v) is 11.7. The number of hydrogen-bond acceptors (Lipinski definition) is 5. The van der Waals surface area contributed by atoms with Crippen LogP contribution in [0.25, 0.3) is 11.0 Å². The van der Waals surface area contributed by atoms with Crippen molar-refractivity contribution in [2.45, 2.75) is 38.5 Å². The Labute approximate surface area is 117 Å². The molecule has 2 aromatic rings. The van der Waals surface area contributed by atoms with Gasteiger partial charge >= 0.3 is 0 Å². The zero-order chi connectivity index (χ0) is 14.3. The van der Waals surface area contributed by atoms with Gasteiger partial charge in [-0.1, -0.05) is 6.92 Å². The van der Waals surface area contributed by atoms with E-state index in [9.17, 15) is 5.11 Å². The van der Waals surface area contributed by atoms with E-state index in [0.717, 1.165) is 17.5 Å². The Morgan fingerprint density at radius 3 is 3.00 bits per heavy atom. The predicted octanol–water partition coefficient (Wildman–Crippen LogP) is 1.36. The van der Waals surface area contributed by atoms with E-state index in [1.54, 1.807) is 6.92 Å². The normalized spacial score (nSPS) is 28.6. The molecule has 1 fully saturated rings. The number of nitrogen functional groups attached to an aromatic ring is 1. The third-order valence-corrected chi connectivity index (χ3v) is 4.18. The van der Waals surface area contributed by atoms with Gasteiger partial charge < -0.3 is 20.1 Å². The van der Waals surface area contributed by atoms with E-state index in [2.05, 4.69) is 21.5 Å². The van der Waals surface area contributed by atoms with Crippen molar-refractivity contribution in [2.75, 3.05) is 12.3 Å². The second kappa shape index (κ2) is 5.03. The van der Waals surface area contributed by atoms with Gasteiger partial charge in [-0.2, -0.15) is 0 Å². The molecule has 3 N–H and O–H groups in total. The summed E-state index contributed by atoms with van der Waals surface area (Å²) in [6.07, 6.45) is 3.80. The number of anilines is 1. The molecule has 4 atom stereocenters. The summed E-state index contributed by atoms with van der Waals surface area (Å²) in [7, 11) is 0. The summed E-state index contributed by atoms with van der Waals surface area (Å²) in [6, 6.07) is 2.15. The quantitative estimate of drug-likeness (QED) is 0.865. The highest BCUT2D eigenvalue weighted by molar-refractivity contribution is 5.86. The minimum Gasteiger partial charge on any atom is -0.391 e. The van der Waals surface area contributed by atoms with Gasteiger partial charge in [-0.3, -0.25) is 0 Å². The molecule has 1 aliphatic rings. The number of ether oxygens (including phenoxy) is 1. The Balaban J connectivity index is 1.91. The van der Waals surface area contributed by atoms with Crippen molar-refractivity contribution in [3.05, 3.63) is 18.6 Å². The molecule has 20 heavy (non-hydrogen) atoms. The molecule has 6 heteroatoms. The molecule has 2 unspecified atom stereocenters. The first-order chi connectivity index (χ1) is 9.58. The molecule has 1 saturated heterocycles. The molecular formula is C14H20N4O2. The third kappa shape index (κ3) is 2.14. The maximum Gasteiger partial charge on any atom is 0.145 e. The van der Waals surface area contributed by atoms with Crippen LogP contribution < -0.4 is 5.73 Å². The Morgan fingerprint density at radius 1 is 1.50 bits per heavy atom. The number of rotatable bonds is 2. The molecule has 1 aliphatic heterocycles. The number of aromatic nitrogens is 3. The molecule has 0 aliphatic carbocycles. The number of aliphatic hydroxyl groups is 1. The summed E-state index contributed by atoms with van der Waals surface area (Å²) in [6.45, 7) is 4.53. The van der Waals surface area contributed by atoms with Gasteiger partial charge in [-0.05, 0) is 25.3 Å². The Bertz CT molecular complexity index is 610. The SMILES string of the molecule is CC(O)[C@@H]1C[C@H](C)C(n2ccc3c(N)ncnc32)CO1. The minimum atomic E-state index is -0.433. The molecule has 0 radical (unpaired) electrons. The highest BCUT2D eigenvalue weighted by Gasteiger charge is 2.32. The second-order valence-corrected chi connectivity index (χ2v) is 5.61. The molecule has 3 rings (SSSR count). The number of aliphatic hydroxyl groups excluding tert-OH is 1. The smallest absolute Gasteiger partial charge is 0.145 e. The van der Waals surface area contributed by atoms with Crippen molar-refractivity contribution in [3.8, 4) is 0 Å². The van der Waals surface area contributed by atoms with Gasteiger partial charge in [0.25, 0.3) is 0 Å². The summed E-state index contributed by atoms with van der Waals surface area (Å²) >= 11 is 0. The van der Waals surface area contributed by atoms with Crippen molar-refractivity contribution in [1.29, 1.82) is 0 Å². The molecule has 0 amide bonds. The Kier molecular flexibility index (Phi) is 3.35. The molecule has 0 bridgehead atoms. The molecule has 0 aromatic carbocycles. The minimum absolute atomic E-state index is 0.0808. The van der Waals surface area contributed by atoms with Crippen LogP contribution in [0.4, 0.5) is 5.82 Å². The van der Waals surface area contributed by atoms with E-state index in [4.69, 9.17) is 10.5 Å². The van der Waals surface area contributed by atoms with Gasteiger partial charge in [0.2, 0.25) is 0 Å². The van der Waals surface area contributed by atoms with E-state index >= 15 is 0 Å². The average Bonchev–Trinajstić information content (AvgIpc) is 2.84. The lowest BCUT2D eigenvalue weighted by Gasteiger charge is -2.36. The van der Waals surface area contributed by atoms with Gasteiger partial charge in [-0.25, -0.2) is 9.97 Å². The van der Waals surface area contributed by atoms with Gasteiger partial charge in [0, 0.05) is 6.20 Å². The van der Waals surface area contributed by atoms with Crippen molar-refractivity contribution in [2.24, 2.45) is 5.92 Å². The van der Waals surface area contributed by atoms with Gasteiger partial charge in [-0.15, -0.1) is 0 Å². The van der Waals surface area contributed by atoms with Crippen LogP contribution in [0.15, 0.2) is 18.6 Å². The van der Waals surface area contributed by atoms with Crippen LogP contribution in [-0.2, 0) is 4.74 Å². The van der Waals surface area contributed by atoms with Crippen molar-refractivity contribution in [3.63, 3.8) is 0 Å². The summed E-state index contributed by atoms with van der Waals surface area (Å²) in [5.74, 6) is 0.898. The van der Waals surface area contributed by atoms with Crippen LogP contribution >= 0.6 is 0 Å². The van der Waals surface area contributed by atoms with Crippen molar-refractivity contribution in [1.82, 2.24) is 14.5 Å². The molecular weight excluding hydrogens is 256 g/mol.